The lowest BCUT2D eigenvalue weighted by Crippen LogP contribution is -2.35. The van der Waals surface area contributed by atoms with Gasteiger partial charge in [0.1, 0.15) is 0 Å². The Bertz CT molecular complexity index is 492. The van der Waals surface area contributed by atoms with Crippen LogP contribution in [0.5, 0.6) is 0 Å². The van der Waals surface area contributed by atoms with Crippen molar-refractivity contribution in [3.63, 3.8) is 0 Å². The number of hydrogen-bond donors (Lipinski definition) is 1. The number of amides is 1. The normalized spacial score (nSPS) is 16.5. The summed E-state index contributed by atoms with van der Waals surface area (Å²) in [5.74, 6) is 1.41. The Kier molecular flexibility index (Phi) is 8.07. The lowest BCUT2D eigenvalue weighted by atomic mass is 9.84. The zero-order valence-electron chi connectivity index (χ0n) is 14.9. The maximum absolute atomic E-state index is 12.8. The maximum atomic E-state index is 12.8. The SMILES string of the molecule is CCN(C(=O)CC(C)C1CCNCC1)c1cc(C)cc(C)c1.Cl. The molecule has 23 heavy (non-hydrogen) atoms. The van der Waals surface area contributed by atoms with Gasteiger partial charge in [-0.25, -0.2) is 0 Å². The first kappa shape index (κ1) is 20.0. The van der Waals surface area contributed by atoms with E-state index < -0.39 is 0 Å². The molecule has 0 radical (unpaired) electrons. The highest BCUT2D eigenvalue weighted by atomic mass is 35.5. The van der Waals surface area contributed by atoms with Crippen LogP contribution in [0.15, 0.2) is 18.2 Å². The van der Waals surface area contributed by atoms with Crippen LogP contribution in [-0.2, 0) is 4.79 Å². The molecule has 1 aliphatic heterocycles. The highest BCUT2D eigenvalue weighted by Gasteiger charge is 2.24. The third-order valence-corrected chi connectivity index (χ3v) is 4.82. The predicted molar refractivity (Wildman–Crippen MR) is 101 cm³/mol. The van der Waals surface area contributed by atoms with Crippen LogP contribution in [0.4, 0.5) is 5.69 Å². The molecule has 1 aromatic carbocycles. The van der Waals surface area contributed by atoms with E-state index in [0.717, 1.165) is 25.3 Å². The first-order valence-electron chi connectivity index (χ1n) is 8.60. The number of carbonyl (C=O) groups is 1. The summed E-state index contributed by atoms with van der Waals surface area (Å²) in [6.45, 7) is 11.4. The first-order chi connectivity index (χ1) is 10.5. The van der Waals surface area contributed by atoms with Gasteiger partial charge in [0, 0.05) is 18.7 Å². The molecule has 130 valence electrons. The van der Waals surface area contributed by atoms with Crippen molar-refractivity contribution < 1.29 is 4.79 Å². The molecule has 0 saturated carbocycles. The summed E-state index contributed by atoms with van der Waals surface area (Å²) < 4.78 is 0. The topological polar surface area (TPSA) is 32.3 Å². The fraction of sp³-hybridized carbons (Fsp3) is 0.632. The molecule has 0 aromatic heterocycles. The highest BCUT2D eigenvalue weighted by Crippen LogP contribution is 2.26. The summed E-state index contributed by atoms with van der Waals surface area (Å²) in [7, 11) is 0. The van der Waals surface area contributed by atoms with Gasteiger partial charge in [0.2, 0.25) is 5.91 Å². The third kappa shape index (κ3) is 5.50. The fourth-order valence-corrected chi connectivity index (χ4v) is 3.57. The molecule has 2 rings (SSSR count). The van der Waals surface area contributed by atoms with Crippen molar-refractivity contribution in [2.45, 2.75) is 47.0 Å². The second-order valence-electron chi connectivity index (χ2n) is 6.75. The quantitative estimate of drug-likeness (QED) is 0.876. The van der Waals surface area contributed by atoms with Gasteiger partial charge in [-0.3, -0.25) is 4.79 Å². The molecule has 1 saturated heterocycles. The smallest absolute Gasteiger partial charge is 0.227 e. The summed E-state index contributed by atoms with van der Waals surface area (Å²) >= 11 is 0. The molecule has 1 N–H and O–H groups in total. The van der Waals surface area contributed by atoms with Crippen LogP contribution in [0.3, 0.4) is 0 Å². The highest BCUT2D eigenvalue weighted by molar-refractivity contribution is 5.93. The zero-order valence-corrected chi connectivity index (χ0v) is 15.7. The molecule has 1 aliphatic rings. The number of piperidine rings is 1. The van der Waals surface area contributed by atoms with Crippen LogP contribution in [0, 0.1) is 25.7 Å². The van der Waals surface area contributed by atoms with Gasteiger partial charge in [0.15, 0.2) is 0 Å². The summed E-state index contributed by atoms with van der Waals surface area (Å²) in [4.78, 5) is 14.7. The molecular formula is C19H31ClN2O. The molecule has 1 fully saturated rings. The Morgan fingerprint density at radius 1 is 1.22 bits per heavy atom. The standard InChI is InChI=1S/C19H30N2O.ClH/c1-5-21(18-11-14(2)10-15(3)12-18)19(22)13-16(4)17-6-8-20-9-7-17;/h10-12,16-17,20H,5-9,13H2,1-4H3;1H. The fourth-order valence-electron chi connectivity index (χ4n) is 3.57. The van der Waals surface area contributed by atoms with Crippen molar-refractivity contribution in [1.82, 2.24) is 5.32 Å². The van der Waals surface area contributed by atoms with Crippen molar-refractivity contribution in [1.29, 1.82) is 0 Å². The van der Waals surface area contributed by atoms with E-state index in [1.165, 1.54) is 24.0 Å². The number of hydrogen-bond acceptors (Lipinski definition) is 2. The minimum absolute atomic E-state index is 0. The molecule has 1 aromatic rings. The third-order valence-electron chi connectivity index (χ3n) is 4.82. The number of carbonyl (C=O) groups excluding carboxylic acids is 1. The van der Waals surface area contributed by atoms with E-state index in [4.69, 9.17) is 0 Å². The van der Waals surface area contributed by atoms with Crippen molar-refractivity contribution in [2.75, 3.05) is 24.5 Å². The van der Waals surface area contributed by atoms with E-state index in [2.05, 4.69) is 51.2 Å². The average molecular weight is 339 g/mol. The molecule has 1 heterocycles. The summed E-state index contributed by atoms with van der Waals surface area (Å²) in [6.07, 6.45) is 3.06. The number of rotatable bonds is 5. The molecule has 1 atom stereocenters. The molecule has 3 nitrogen and oxygen atoms in total. The summed E-state index contributed by atoms with van der Waals surface area (Å²) in [5, 5.41) is 3.40. The molecule has 0 spiro atoms. The number of benzene rings is 1. The maximum Gasteiger partial charge on any atom is 0.227 e. The number of halogens is 1. The minimum Gasteiger partial charge on any atom is -0.317 e. The van der Waals surface area contributed by atoms with Crippen LogP contribution in [0.1, 0.15) is 44.2 Å². The number of aryl methyl sites for hydroxylation is 2. The minimum atomic E-state index is 0. The number of nitrogens with zero attached hydrogens (tertiary/aromatic N) is 1. The van der Waals surface area contributed by atoms with Crippen LogP contribution in [0.25, 0.3) is 0 Å². The van der Waals surface area contributed by atoms with E-state index in [1.807, 2.05) is 4.90 Å². The first-order valence-corrected chi connectivity index (χ1v) is 8.60. The zero-order chi connectivity index (χ0) is 16.1. The van der Waals surface area contributed by atoms with E-state index in [-0.39, 0.29) is 18.3 Å². The number of anilines is 1. The van der Waals surface area contributed by atoms with E-state index in [9.17, 15) is 4.79 Å². The van der Waals surface area contributed by atoms with Gasteiger partial charge in [-0.15, -0.1) is 12.4 Å². The van der Waals surface area contributed by atoms with E-state index in [1.54, 1.807) is 0 Å². The van der Waals surface area contributed by atoms with Gasteiger partial charge >= 0.3 is 0 Å². The van der Waals surface area contributed by atoms with Crippen LogP contribution >= 0.6 is 12.4 Å². The van der Waals surface area contributed by atoms with Crippen LogP contribution < -0.4 is 10.2 Å². The van der Waals surface area contributed by atoms with Crippen LogP contribution in [0.2, 0.25) is 0 Å². The Morgan fingerprint density at radius 2 is 1.78 bits per heavy atom. The molecule has 0 aliphatic carbocycles. The summed E-state index contributed by atoms with van der Waals surface area (Å²) in [5.41, 5.74) is 3.47. The van der Waals surface area contributed by atoms with Crippen molar-refractivity contribution >= 4 is 24.0 Å². The van der Waals surface area contributed by atoms with Gasteiger partial charge in [0.25, 0.3) is 0 Å². The summed E-state index contributed by atoms with van der Waals surface area (Å²) in [6, 6.07) is 6.38. The van der Waals surface area contributed by atoms with Gasteiger partial charge in [-0.1, -0.05) is 13.0 Å². The molecule has 1 unspecified atom stereocenters. The largest absolute Gasteiger partial charge is 0.317 e. The van der Waals surface area contributed by atoms with Gasteiger partial charge < -0.3 is 10.2 Å². The molecule has 4 heteroatoms. The van der Waals surface area contributed by atoms with Gasteiger partial charge in [0.05, 0.1) is 0 Å². The molecule has 0 bridgehead atoms. The second kappa shape index (κ2) is 9.29. The lowest BCUT2D eigenvalue weighted by molar-refractivity contribution is -0.119. The Labute approximate surface area is 147 Å². The lowest BCUT2D eigenvalue weighted by Gasteiger charge is -2.30. The Morgan fingerprint density at radius 3 is 2.30 bits per heavy atom. The molecular weight excluding hydrogens is 308 g/mol. The Hall–Kier alpha value is -1.06. The van der Waals surface area contributed by atoms with Crippen LogP contribution in [-0.4, -0.2) is 25.5 Å². The van der Waals surface area contributed by atoms with Crippen molar-refractivity contribution in [3.8, 4) is 0 Å². The second-order valence-corrected chi connectivity index (χ2v) is 6.75. The van der Waals surface area contributed by atoms with E-state index in [0.29, 0.717) is 18.3 Å². The monoisotopic (exact) mass is 338 g/mol. The van der Waals surface area contributed by atoms with Crippen molar-refractivity contribution in [3.05, 3.63) is 29.3 Å². The average Bonchev–Trinajstić information content (AvgIpc) is 2.47. The predicted octanol–water partition coefficient (Wildman–Crippen LogP) is 4.10. The molecule has 1 amide bonds. The van der Waals surface area contributed by atoms with Gasteiger partial charge in [-0.2, -0.15) is 0 Å². The van der Waals surface area contributed by atoms with Crippen molar-refractivity contribution in [2.24, 2.45) is 11.8 Å². The number of nitrogens with one attached hydrogen (secondary N) is 1. The van der Waals surface area contributed by atoms with Gasteiger partial charge in [-0.05, 0) is 81.8 Å². The Balaban J connectivity index is 0.00000264. The van der Waals surface area contributed by atoms with E-state index >= 15 is 0 Å².